The number of benzene rings is 1. The molecule has 5 heteroatoms. The zero-order valence-electron chi connectivity index (χ0n) is 12.6. The number of carbonyl (C=O) groups excluding carboxylic acids is 1. The van der Waals surface area contributed by atoms with Crippen molar-refractivity contribution in [1.82, 2.24) is 4.98 Å². The lowest BCUT2D eigenvalue weighted by atomic mass is 10.2. The molecular formula is C18H16ClNO3. The van der Waals surface area contributed by atoms with Gasteiger partial charge in [-0.25, -0.2) is 4.79 Å². The molecule has 0 aliphatic carbocycles. The first-order valence-corrected chi connectivity index (χ1v) is 7.31. The van der Waals surface area contributed by atoms with Crippen LogP contribution in [0.3, 0.4) is 0 Å². The van der Waals surface area contributed by atoms with Crippen LogP contribution in [0.15, 0.2) is 54.9 Å². The molecule has 0 amide bonds. The van der Waals surface area contributed by atoms with Crippen LogP contribution < -0.4 is 4.74 Å². The fourth-order valence-electron chi connectivity index (χ4n) is 1.74. The summed E-state index contributed by atoms with van der Waals surface area (Å²) in [5, 5.41) is 0.686. The highest BCUT2D eigenvalue weighted by Crippen LogP contribution is 2.12. The van der Waals surface area contributed by atoms with Crippen molar-refractivity contribution < 1.29 is 14.3 Å². The number of pyridine rings is 1. The van der Waals surface area contributed by atoms with Crippen molar-refractivity contribution >= 4 is 29.7 Å². The summed E-state index contributed by atoms with van der Waals surface area (Å²) in [7, 11) is 1.56. The number of esters is 1. The Bertz CT molecular complexity index is 708. The number of hydrogen-bond acceptors (Lipinski definition) is 4. The van der Waals surface area contributed by atoms with Gasteiger partial charge in [-0.05, 0) is 41.5 Å². The number of methoxy groups -OCH3 is 1. The summed E-state index contributed by atoms with van der Waals surface area (Å²) in [5.41, 5.74) is 1.75. The van der Waals surface area contributed by atoms with Gasteiger partial charge in [-0.1, -0.05) is 29.8 Å². The van der Waals surface area contributed by atoms with Gasteiger partial charge in [-0.15, -0.1) is 0 Å². The third-order valence-electron chi connectivity index (χ3n) is 2.88. The van der Waals surface area contributed by atoms with E-state index in [9.17, 15) is 4.79 Å². The Hall–Kier alpha value is -2.59. The second-order valence-electron chi connectivity index (χ2n) is 4.58. The quantitative estimate of drug-likeness (QED) is 0.593. The lowest BCUT2D eigenvalue weighted by Gasteiger charge is -1.99. The number of nitrogens with zero attached hydrogens (tertiary/aromatic N) is 1. The van der Waals surface area contributed by atoms with Crippen LogP contribution in [0, 0.1) is 0 Å². The molecule has 0 bridgehead atoms. The fraction of sp³-hybridized carbons (Fsp3) is 0.111. The standard InChI is InChI=1S/C18H16ClNO3/c1-22-17-11-15(12-20-13-17)6-9-18(21)23-10-2-3-14-4-7-16(19)8-5-14/h2-9,11-13H,10H2,1H3/b3-2+,9-6+. The van der Waals surface area contributed by atoms with E-state index in [-0.39, 0.29) is 6.61 Å². The van der Waals surface area contributed by atoms with Crippen molar-refractivity contribution in [3.8, 4) is 5.75 Å². The van der Waals surface area contributed by atoms with Gasteiger partial charge in [-0.2, -0.15) is 0 Å². The Kier molecular flexibility index (Phi) is 6.39. The molecule has 2 aromatic rings. The maximum Gasteiger partial charge on any atom is 0.331 e. The number of aromatic nitrogens is 1. The van der Waals surface area contributed by atoms with Gasteiger partial charge in [-0.3, -0.25) is 4.98 Å². The molecule has 4 nitrogen and oxygen atoms in total. The average Bonchev–Trinajstić information content (AvgIpc) is 2.58. The van der Waals surface area contributed by atoms with Gasteiger partial charge in [0.05, 0.1) is 13.3 Å². The highest BCUT2D eigenvalue weighted by molar-refractivity contribution is 6.30. The van der Waals surface area contributed by atoms with Crippen LogP contribution in [0.1, 0.15) is 11.1 Å². The molecule has 1 aromatic carbocycles. The van der Waals surface area contributed by atoms with Gasteiger partial charge < -0.3 is 9.47 Å². The molecule has 118 valence electrons. The molecule has 0 radical (unpaired) electrons. The van der Waals surface area contributed by atoms with Crippen LogP contribution in [0.25, 0.3) is 12.2 Å². The molecule has 0 saturated heterocycles. The number of rotatable bonds is 6. The van der Waals surface area contributed by atoms with Crippen molar-refractivity contribution in [3.05, 3.63) is 71.0 Å². The molecule has 0 fully saturated rings. The Morgan fingerprint density at radius 2 is 1.96 bits per heavy atom. The monoisotopic (exact) mass is 329 g/mol. The Balaban J connectivity index is 1.80. The van der Waals surface area contributed by atoms with Crippen molar-refractivity contribution in [2.24, 2.45) is 0 Å². The van der Waals surface area contributed by atoms with Crippen molar-refractivity contribution in [2.45, 2.75) is 0 Å². The fourth-order valence-corrected chi connectivity index (χ4v) is 1.87. The van der Waals surface area contributed by atoms with Gasteiger partial charge >= 0.3 is 5.97 Å². The van der Waals surface area contributed by atoms with E-state index in [0.717, 1.165) is 11.1 Å². The largest absolute Gasteiger partial charge is 0.495 e. The van der Waals surface area contributed by atoms with E-state index in [1.54, 1.807) is 49.9 Å². The predicted octanol–water partition coefficient (Wildman–Crippen LogP) is 4.01. The van der Waals surface area contributed by atoms with Crippen molar-refractivity contribution in [2.75, 3.05) is 13.7 Å². The second kappa shape index (κ2) is 8.76. The van der Waals surface area contributed by atoms with Crippen LogP contribution in [0.2, 0.25) is 5.02 Å². The Morgan fingerprint density at radius 3 is 2.70 bits per heavy atom. The van der Waals surface area contributed by atoms with E-state index in [4.69, 9.17) is 21.1 Å². The number of hydrogen-bond donors (Lipinski definition) is 0. The summed E-state index contributed by atoms with van der Waals surface area (Å²) in [6, 6.07) is 9.15. The first-order valence-electron chi connectivity index (χ1n) is 6.93. The van der Waals surface area contributed by atoms with Crippen molar-refractivity contribution in [3.63, 3.8) is 0 Å². The number of carbonyl (C=O) groups is 1. The summed E-state index contributed by atoms with van der Waals surface area (Å²) in [6.45, 7) is 0.197. The van der Waals surface area contributed by atoms with Crippen LogP contribution >= 0.6 is 11.6 Å². The van der Waals surface area contributed by atoms with Crippen LogP contribution in [-0.2, 0) is 9.53 Å². The second-order valence-corrected chi connectivity index (χ2v) is 5.01. The van der Waals surface area contributed by atoms with E-state index in [2.05, 4.69) is 4.98 Å². The first kappa shape index (κ1) is 16.8. The molecule has 0 unspecified atom stereocenters. The van der Waals surface area contributed by atoms with Gasteiger partial charge in [0.25, 0.3) is 0 Å². The number of ether oxygens (including phenoxy) is 2. The summed E-state index contributed by atoms with van der Waals surface area (Å²) in [5.74, 6) is 0.208. The van der Waals surface area contributed by atoms with E-state index in [0.29, 0.717) is 10.8 Å². The third kappa shape index (κ3) is 5.96. The summed E-state index contributed by atoms with van der Waals surface area (Å²) < 4.78 is 10.1. The molecule has 0 spiro atoms. The maximum atomic E-state index is 11.6. The lowest BCUT2D eigenvalue weighted by Crippen LogP contribution is -1.99. The van der Waals surface area contributed by atoms with Gasteiger partial charge in [0.15, 0.2) is 0 Å². The minimum Gasteiger partial charge on any atom is -0.495 e. The minimum atomic E-state index is -0.423. The van der Waals surface area contributed by atoms with Gasteiger partial charge in [0.1, 0.15) is 12.4 Å². The molecular weight excluding hydrogens is 314 g/mol. The van der Waals surface area contributed by atoms with E-state index in [1.165, 1.54) is 6.08 Å². The Morgan fingerprint density at radius 1 is 1.17 bits per heavy atom. The summed E-state index contributed by atoms with van der Waals surface area (Å²) in [6.07, 6.45) is 9.83. The minimum absolute atomic E-state index is 0.197. The topological polar surface area (TPSA) is 48.4 Å². The molecule has 0 aliphatic heterocycles. The summed E-state index contributed by atoms with van der Waals surface area (Å²) in [4.78, 5) is 15.6. The van der Waals surface area contributed by atoms with Crippen LogP contribution in [-0.4, -0.2) is 24.7 Å². The molecule has 0 N–H and O–H groups in total. The van der Waals surface area contributed by atoms with Crippen molar-refractivity contribution in [1.29, 1.82) is 0 Å². The maximum absolute atomic E-state index is 11.6. The summed E-state index contributed by atoms with van der Waals surface area (Å²) >= 11 is 5.81. The molecule has 1 aromatic heterocycles. The van der Waals surface area contributed by atoms with Gasteiger partial charge in [0.2, 0.25) is 0 Å². The molecule has 0 saturated carbocycles. The Labute approximate surface area is 140 Å². The predicted molar refractivity (Wildman–Crippen MR) is 91.3 cm³/mol. The van der Waals surface area contributed by atoms with E-state index < -0.39 is 5.97 Å². The average molecular weight is 330 g/mol. The smallest absolute Gasteiger partial charge is 0.331 e. The lowest BCUT2D eigenvalue weighted by molar-refractivity contribution is -0.136. The van der Waals surface area contributed by atoms with E-state index >= 15 is 0 Å². The molecule has 0 atom stereocenters. The zero-order valence-corrected chi connectivity index (χ0v) is 13.4. The van der Waals surface area contributed by atoms with Gasteiger partial charge in [0, 0.05) is 17.3 Å². The van der Waals surface area contributed by atoms with Crippen LogP contribution in [0.5, 0.6) is 5.75 Å². The highest BCUT2D eigenvalue weighted by atomic mass is 35.5. The SMILES string of the molecule is COc1cncc(/C=C/C(=O)OC/C=C/c2ccc(Cl)cc2)c1. The highest BCUT2D eigenvalue weighted by Gasteiger charge is 1.97. The first-order chi connectivity index (χ1) is 11.2. The third-order valence-corrected chi connectivity index (χ3v) is 3.14. The molecule has 1 heterocycles. The molecule has 23 heavy (non-hydrogen) atoms. The van der Waals surface area contributed by atoms with E-state index in [1.807, 2.05) is 18.2 Å². The number of halogens is 1. The molecule has 2 rings (SSSR count). The zero-order chi connectivity index (χ0) is 16.5. The van der Waals surface area contributed by atoms with Crippen LogP contribution in [0.4, 0.5) is 0 Å². The molecule has 0 aliphatic rings. The normalized spacial score (nSPS) is 11.0.